The van der Waals surface area contributed by atoms with Crippen LogP contribution in [0.1, 0.15) is 13.8 Å². The molecule has 0 heterocycles. The number of hydrogen-bond acceptors (Lipinski definition) is 2. The standard InChI is InChI=1S/C10H19NO3/c1-7(10(13)14)6-9(8(2)12)11(3,4)5/h6,8-9,12H,1-5H3/p+1/b7-6+. The van der Waals surface area contributed by atoms with Crippen LogP contribution < -0.4 is 0 Å². The van der Waals surface area contributed by atoms with E-state index in [-0.39, 0.29) is 11.6 Å². The topological polar surface area (TPSA) is 57.5 Å². The molecule has 0 spiro atoms. The SMILES string of the molecule is C/C(=C\C(C(C)O)[N+](C)(C)C)C(=O)O. The highest BCUT2D eigenvalue weighted by molar-refractivity contribution is 5.85. The van der Waals surface area contributed by atoms with E-state index < -0.39 is 12.1 Å². The second kappa shape index (κ2) is 4.57. The average Bonchev–Trinajstić information content (AvgIpc) is 1.96. The third-order valence-corrected chi connectivity index (χ3v) is 2.15. The summed E-state index contributed by atoms with van der Waals surface area (Å²) in [6, 6.07) is -0.203. The van der Waals surface area contributed by atoms with Gasteiger partial charge in [-0.3, -0.25) is 0 Å². The largest absolute Gasteiger partial charge is 0.478 e. The summed E-state index contributed by atoms with van der Waals surface area (Å²) < 4.78 is 0.502. The summed E-state index contributed by atoms with van der Waals surface area (Å²) >= 11 is 0. The second-order valence-corrected chi connectivity index (χ2v) is 4.50. The maximum Gasteiger partial charge on any atom is 0.331 e. The number of rotatable bonds is 4. The second-order valence-electron chi connectivity index (χ2n) is 4.50. The van der Waals surface area contributed by atoms with Crippen molar-refractivity contribution in [2.75, 3.05) is 21.1 Å². The molecule has 0 rings (SSSR count). The Morgan fingerprint density at radius 1 is 1.36 bits per heavy atom. The monoisotopic (exact) mass is 202 g/mol. The Morgan fingerprint density at radius 2 is 1.79 bits per heavy atom. The Balaban J connectivity index is 4.88. The lowest BCUT2D eigenvalue weighted by atomic mass is 10.1. The number of aliphatic hydroxyl groups is 1. The molecule has 0 radical (unpaired) electrons. The number of aliphatic hydroxyl groups excluding tert-OH is 1. The van der Waals surface area contributed by atoms with Gasteiger partial charge in [0.05, 0.1) is 21.1 Å². The van der Waals surface area contributed by atoms with Crippen LogP contribution in [0, 0.1) is 0 Å². The molecule has 0 amide bonds. The van der Waals surface area contributed by atoms with E-state index in [1.54, 1.807) is 13.0 Å². The van der Waals surface area contributed by atoms with E-state index in [0.29, 0.717) is 4.48 Å². The Kier molecular flexibility index (Phi) is 4.29. The summed E-state index contributed by atoms with van der Waals surface area (Å²) in [5, 5.41) is 18.2. The molecule has 14 heavy (non-hydrogen) atoms. The Hall–Kier alpha value is -0.870. The van der Waals surface area contributed by atoms with Gasteiger partial charge in [-0.05, 0) is 19.9 Å². The fraction of sp³-hybridized carbons (Fsp3) is 0.700. The zero-order chi connectivity index (χ0) is 11.5. The third kappa shape index (κ3) is 3.89. The molecule has 2 atom stereocenters. The number of hydrogen-bond donors (Lipinski definition) is 2. The Morgan fingerprint density at radius 3 is 2.00 bits per heavy atom. The number of likely N-dealkylation sites (N-methyl/N-ethyl adjacent to an activating group) is 1. The zero-order valence-electron chi connectivity index (χ0n) is 9.48. The molecule has 4 nitrogen and oxygen atoms in total. The molecule has 0 saturated carbocycles. The van der Waals surface area contributed by atoms with Crippen LogP contribution in [0.2, 0.25) is 0 Å². The first-order valence-corrected chi connectivity index (χ1v) is 4.57. The quantitative estimate of drug-likeness (QED) is 0.515. The molecule has 0 aliphatic rings. The minimum absolute atomic E-state index is 0.203. The Labute approximate surface area is 85.1 Å². The van der Waals surface area contributed by atoms with Crippen molar-refractivity contribution in [3.8, 4) is 0 Å². The molecule has 82 valence electrons. The summed E-state index contributed by atoms with van der Waals surface area (Å²) in [6.07, 6.45) is 1.04. The van der Waals surface area contributed by atoms with Crippen LogP contribution in [-0.4, -0.2) is 54.0 Å². The summed E-state index contributed by atoms with van der Waals surface area (Å²) in [5.41, 5.74) is 0.268. The van der Waals surface area contributed by atoms with E-state index in [1.807, 2.05) is 21.1 Å². The molecule has 2 N–H and O–H groups in total. The number of nitrogens with zero attached hydrogens (tertiary/aromatic N) is 1. The van der Waals surface area contributed by atoms with Gasteiger partial charge in [-0.25, -0.2) is 4.79 Å². The molecule has 0 fully saturated rings. The summed E-state index contributed by atoms with van der Waals surface area (Å²) in [4.78, 5) is 10.6. The molecule has 0 aromatic rings. The van der Waals surface area contributed by atoms with E-state index >= 15 is 0 Å². The summed E-state index contributed by atoms with van der Waals surface area (Å²) in [7, 11) is 5.76. The van der Waals surface area contributed by atoms with Crippen LogP contribution in [0.5, 0.6) is 0 Å². The maximum atomic E-state index is 10.6. The van der Waals surface area contributed by atoms with Gasteiger partial charge in [0.1, 0.15) is 12.1 Å². The van der Waals surface area contributed by atoms with Crippen molar-refractivity contribution in [2.45, 2.75) is 26.0 Å². The molecule has 2 unspecified atom stereocenters. The number of quaternary nitrogens is 1. The fourth-order valence-corrected chi connectivity index (χ4v) is 1.34. The van der Waals surface area contributed by atoms with E-state index in [9.17, 15) is 9.90 Å². The lowest BCUT2D eigenvalue weighted by Gasteiger charge is -2.34. The normalized spacial score (nSPS) is 17.7. The van der Waals surface area contributed by atoms with Crippen molar-refractivity contribution in [3.05, 3.63) is 11.6 Å². The molecule has 0 aliphatic carbocycles. The minimum atomic E-state index is -0.941. The average molecular weight is 202 g/mol. The number of carboxylic acid groups (broad SMARTS) is 1. The smallest absolute Gasteiger partial charge is 0.331 e. The minimum Gasteiger partial charge on any atom is -0.478 e. The molecular formula is C10H20NO3+. The lowest BCUT2D eigenvalue weighted by Crippen LogP contribution is -2.49. The van der Waals surface area contributed by atoms with Crippen LogP contribution in [0.3, 0.4) is 0 Å². The van der Waals surface area contributed by atoms with Gasteiger partial charge in [-0.2, -0.15) is 0 Å². The first-order chi connectivity index (χ1) is 6.16. The first kappa shape index (κ1) is 13.1. The highest BCUT2D eigenvalue weighted by atomic mass is 16.4. The maximum absolute atomic E-state index is 10.6. The van der Waals surface area contributed by atoms with Gasteiger partial charge >= 0.3 is 5.97 Å². The molecule has 0 aliphatic heterocycles. The van der Waals surface area contributed by atoms with Gasteiger partial charge in [0, 0.05) is 5.57 Å². The van der Waals surface area contributed by atoms with E-state index in [4.69, 9.17) is 5.11 Å². The van der Waals surface area contributed by atoms with Crippen LogP contribution in [0.25, 0.3) is 0 Å². The molecule has 4 heteroatoms. The highest BCUT2D eigenvalue weighted by Gasteiger charge is 2.27. The van der Waals surface area contributed by atoms with Crippen molar-refractivity contribution in [2.24, 2.45) is 0 Å². The predicted octanol–water partition coefficient (Wildman–Crippen LogP) is 0.473. The van der Waals surface area contributed by atoms with E-state index in [2.05, 4.69) is 0 Å². The predicted molar refractivity (Wildman–Crippen MR) is 54.9 cm³/mol. The lowest BCUT2D eigenvalue weighted by molar-refractivity contribution is -0.892. The van der Waals surface area contributed by atoms with Crippen molar-refractivity contribution in [3.63, 3.8) is 0 Å². The fourth-order valence-electron chi connectivity index (χ4n) is 1.34. The van der Waals surface area contributed by atoms with Crippen LogP contribution in [-0.2, 0) is 4.79 Å². The first-order valence-electron chi connectivity index (χ1n) is 4.57. The molecule has 0 saturated heterocycles. The van der Waals surface area contributed by atoms with Gasteiger partial charge in [0.2, 0.25) is 0 Å². The highest BCUT2D eigenvalue weighted by Crippen LogP contribution is 2.12. The third-order valence-electron chi connectivity index (χ3n) is 2.15. The molecule has 0 aromatic heterocycles. The van der Waals surface area contributed by atoms with Crippen molar-refractivity contribution < 1.29 is 19.5 Å². The van der Waals surface area contributed by atoms with Crippen LogP contribution in [0.15, 0.2) is 11.6 Å². The van der Waals surface area contributed by atoms with Gasteiger partial charge in [0.15, 0.2) is 0 Å². The van der Waals surface area contributed by atoms with E-state index in [0.717, 1.165) is 0 Å². The van der Waals surface area contributed by atoms with E-state index in [1.165, 1.54) is 6.92 Å². The molecular weight excluding hydrogens is 182 g/mol. The Bertz CT molecular complexity index is 238. The summed E-state index contributed by atoms with van der Waals surface area (Å²) in [6.45, 7) is 3.20. The zero-order valence-corrected chi connectivity index (χ0v) is 9.48. The van der Waals surface area contributed by atoms with Crippen LogP contribution in [0.4, 0.5) is 0 Å². The summed E-state index contributed by atoms with van der Waals surface area (Å²) in [5.74, 6) is -0.941. The number of carbonyl (C=O) groups is 1. The van der Waals surface area contributed by atoms with Crippen molar-refractivity contribution in [1.29, 1.82) is 0 Å². The van der Waals surface area contributed by atoms with Gasteiger partial charge in [0.25, 0.3) is 0 Å². The van der Waals surface area contributed by atoms with Crippen molar-refractivity contribution >= 4 is 5.97 Å². The molecule has 0 bridgehead atoms. The number of carboxylic acids is 1. The van der Waals surface area contributed by atoms with Crippen molar-refractivity contribution in [1.82, 2.24) is 0 Å². The van der Waals surface area contributed by atoms with Crippen LogP contribution >= 0.6 is 0 Å². The van der Waals surface area contributed by atoms with Gasteiger partial charge in [-0.15, -0.1) is 0 Å². The van der Waals surface area contributed by atoms with Gasteiger partial charge in [-0.1, -0.05) is 0 Å². The van der Waals surface area contributed by atoms with Gasteiger partial charge < -0.3 is 14.7 Å². The molecule has 0 aromatic carbocycles. The number of aliphatic carboxylic acids is 1.